The highest BCUT2D eigenvalue weighted by Crippen LogP contribution is 2.28. The van der Waals surface area contributed by atoms with Gasteiger partial charge in [0, 0.05) is 13.1 Å². The SMILES string of the molecule is CC1CCN(c2nc3c(N)cccc3o2)CC1. The second-order valence-corrected chi connectivity index (χ2v) is 4.86. The number of anilines is 2. The van der Waals surface area contributed by atoms with E-state index in [2.05, 4.69) is 16.8 Å². The Hall–Kier alpha value is -1.71. The zero-order valence-electron chi connectivity index (χ0n) is 10.0. The van der Waals surface area contributed by atoms with Crippen molar-refractivity contribution < 1.29 is 4.42 Å². The van der Waals surface area contributed by atoms with Gasteiger partial charge in [-0.15, -0.1) is 0 Å². The summed E-state index contributed by atoms with van der Waals surface area (Å²) in [6.45, 7) is 4.34. The van der Waals surface area contributed by atoms with E-state index in [4.69, 9.17) is 10.2 Å². The van der Waals surface area contributed by atoms with Crippen molar-refractivity contribution in [2.24, 2.45) is 5.92 Å². The summed E-state index contributed by atoms with van der Waals surface area (Å²) >= 11 is 0. The molecule has 0 radical (unpaired) electrons. The van der Waals surface area contributed by atoms with Crippen molar-refractivity contribution >= 4 is 22.8 Å². The van der Waals surface area contributed by atoms with Crippen molar-refractivity contribution in [2.45, 2.75) is 19.8 Å². The van der Waals surface area contributed by atoms with Crippen LogP contribution in [-0.4, -0.2) is 18.1 Å². The summed E-state index contributed by atoms with van der Waals surface area (Å²) in [6, 6.07) is 6.37. The van der Waals surface area contributed by atoms with Gasteiger partial charge in [0.05, 0.1) is 5.69 Å². The number of fused-ring (bicyclic) bond motifs is 1. The highest BCUT2D eigenvalue weighted by Gasteiger charge is 2.20. The number of nitrogens with zero attached hydrogens (tertiary/aromatic N) is 2. The molecule has 3 rings (SSSR count). The Labute approximate surface area is 100 Å². The van der Waals surface area contributed by atoms with E-state index in [1.807, 2.05) is 18.2 Å². The first-order chi connectivity index (χ1) is 8.24. The number of oxazole rings is 1. The van der Waals surface area contributed by atoms with Gasteiger partial charge in [0.1, 0.15) is 5.52 Å². The van der Waals surface area contributed by atoms with Crippen LogP contribution in [-0.2, 0) is 0 Å². The predicted octanol–water partition coefficient (Wildman–Crippen LogP) is 2.65. The first kappa shape index (κ1) is 10.4. The van der Waals surface area contributed by atoms with Crippen LogP contribution in [0.15, 0.2) is 22.6 Å². The lowest BCUT2D eigenvalue weighted by Crippen LogP contribution is -2.32. The molecule has 0 atom stereocenters. The van der Waals surface area contributed by atoms with E-state index in [-0.39, 0.29) is 0 Å². The first-order valence-electron chi connectivity index (χ1n) is 6.14. The minimum atomic E-state index is 0.683. The van der Waals surface area contributed by atoms with Crippen LogP contribution >= 0.6 is 0 Å². The number of rotatable bonds is 1. The highest BCUT2D eigenvalue weighted by atomic mass is 16.4. The number of hydrogen-bond donors (Lipinski definition) is 1. The second kappa shape index (κ2) is 3.95. The number of benzene rings is 1. The molecule has 17 heavy (non-hydrogen) atoms. The number of piperidine rings is 1. The molecule has 2 N–H and O–H groups in total. The van der Waals surface area contributed by atoms with Crippen LogP contribution in [0.5, 0.6) is 0 Å². The third kappa shape index (κ3) is 1.84. The minimum absolute atomic E-state index is 0.683. The molecule has 0 spiro atoms. The second-order valence-electron chi connectivity index (χ2n) is 4.86. The highest BCUT2D eigenvalue weighted by molar-refractivity contribution is 5.86. The molecular weight excluding hydrogens is 214 g/mol. The Bertz CT molecular complexity index is 526. The van der Waals surface area contributed by atoms with Crippen molar-refractivity contribution in [3.63, 3.8) is 0 Å². The molecule has 2 aromatic rings. The fourth-order valence-corrected chi connectivity index (χ4v) is 2.29. The monoisotopic (exact) mass is 231 g/mol. The van der Waals surface area contributed by atoms with Crippen molar-refractivity contribution in [1.82, 2.24) is 4.98 Å². The van der Waals surface area contributed by atoms with E-state index in [9.17, 15) is 0 Å². The summed E-state index contributed by atoms with van der Waals surface area (Å²) in [7, 11) is 0. The number of nitrogens with two attached hydrogens (primary N) is 1. The molecule has 1 aromatic heterocycles. The maximum absolute atomic E-state index is 5.88. The molecule has 2 heterocycles. The molecule has 0 aliphatic carbocycles. The minimum Gasteiger partial charge on any atom is -0.423 e. The van der Waals surface area contributed by atoms with Crippen LogP contribution in [0.2, 0.25) is 0 Å². The van der Waals surface area contributed by atoms with Crippen LogP contribution in [0, 0.1) is 5.92 Å². The van der Waals surface area contributed by atoms with Gasteiger partial charge in [-0.25, -0.2) is 0 Å². The molecule has 0 unspecified atom stereocenters. The fraction of sp³-hybridized carbons (Fsp3) is 0.462. The number of para-hydroxylation sites is 1. The molecule has 4 nitrogen and oxygen atoms in total. The molecule has 0 amide bonds. The average Bonchev–Trinajstić information content (AvgIpc) is 2.75. The van der Waals surface area contributed by atoms with E-state index in [1.165, 1.54) is 12.8 Å². The zero-order chi connectivity index (χ0) is 11.8. The summed E-state index contributed by atoms with van der Waals surface area (Å²) in [5, 5.41) is 0. The Balaban J connectivity index is 1.93. The molecular formula is C13H17N3O. The number of nitrogen functional groups attached to an aromatic ring is 1. The van der Waals surface area contributed by atoms with E-state index in [0.29, 0.717) is 11.7 Å². The molecule has 0 saturated carbocycles. The van der Waals surface area contributed by atoms with Crippen molar-refractivity contribution in [1.29, 1.82) is 0 Å². The van der Waals surface area contributed by atoms with Crippen molar-refractivity contribution in [3.8, 4) is 0 Å². The van der Waals surface area contributed by atoms with Gasteiger partial charge in [0.2, 0.25) is 0 Å². The summed E-state index contributed by atoms with van der Waals surface area (Å²) in [5.41, 5.74) is 8.12. The normalized spacial score (nSPS) is 17.8. The molecule has 90 valence electrons. The summed E-state index contributed by atoms with van der Waals surface area (Å²) in [5.74, 6) is 0.806. The van der Waals surface area contributed by atoms with E-state index in [0.717, 1.165) is 30.1 Å². The zero-order valence-corrected chi connectivity index (χ0v) is 10.0. The lowest BCUT2D eigenvalue weighted by atomic mass is 10.00. The number of aromatic nitrogens is 1. The van der Waals surface area contributed by atoms with Gasteiger partial charge >= 0.3 is 0 Å². The van der Waals surface area contributed by atoms with Gasteiger partial charge in [-0.2, -0.15) is 4.98 Å². The van der Waals surface area contributed by atoms with Gasteiger partial charge in [-0.1, -0.05) is 13.0 Å². The van der Waals surface area contributed by atoms with Crippen molar-refractivity contribution in [3.05, 3.63) is 18.2 Å². The van der Waals surface area contributed by atoms with E-state index >= 15 is 0 Å². The van der Waals surface area contributed by atoms with Gasteiger partial charge in [-0.05, 0) is 30.9 Å². The summed E-state index contributed by atoms with van der Waals surface area (Å²) in [4.78, 5) is 6.70. The van der Waals surface area contributed by atoms with Crippen molar-refractivity contribution in [2.75, 3.05) is 23.7 Å². The van der Waals surface area contributed by atoms with Gasteiger partial charge in [0.15, 0.2) is 5.58 Å². The van der Waals surface area contributed by atoms with E-state index in [1.54, 1.807) is 0 Å². The number of hydrogen-bond acceptors (Lipinski definition) is 4. The van der Waals surface area contributed by atoms with Crippen LogP contribution in [0.25, 0.3) is 11.1 Å². The van der Waals surface area contributed by atoms with Gasteiger partial charge in [0.25, 0.3) is 6.01 Å². The molecule has 1 aliphatic rings. The van der Waals surface area contributed by atoms with E-state index < -0.39 is 0 Å². The molecule has 0 bridgehead atoms. The topological polar surface area (TPSA) is 55.3 Å². The van der Waals surface area contributed by atoms with Crippen LogP contribution < -0.4 is 10.6 Å². The maximum Gasteiger partial charge on any atom is 0.298 e. The molecule has 4 heteroatoms. The smallest absolute Gasteiger partial charge is 0.298 e. The Morgan fingerprint density at radius 1 is 1.35 bits per heavy atom. The summed E-state index contributed by atoms with van der Waals surface area (Å²) < 4.78 is 5.76. The lowest BCUT2D eigenvalue weighted by molar-refractivity contribution is 0.417. The molecule has 1 saturated heterocycles. The van der Waals surface area contributed by atoms with Gasteiger partial charge in [-0.3, -0.25) is 0 Å². The van der Waals surface area contributed by atoms with Crippen LogP contribution in [0.1, 0.15) is 19.8 Å². The lowest BCUT2D eigenvalue weighted by Gasteiger charge is -2.28. The Morgan fingerprint density at radius 2 is 2.12 bits per heavy atom. The standard InChI is InChI=1S/C13H17N3O/c1-9-5-7-16(8-6-9)13-15-12-10(14)3-2-4-11(12)17-13/h2-4,9H,5-8,14H2,1H3. The summed E-state index contributed by atoms with van der Waals surface area (Å²) in [6.07, 6.45) is 2.41. The molecule has 1 aromatic carbocycles. The van der Waals surface area contributed by atoms with Gasteiger partial charge < -0.3 is 15.1 Å². The maximum atomic E-state index is 5.88. The Morgan fingerprint density at radius 3 is 2.82 bits per heavy atom. The predicted molar refractivity (Wildman–Crippen MR) is 69.0 cm³/mol. The molecule has 1 fully saturated rings. The quantitative estimate of drug-likeness (QED) is 0.766. The largest absolute Gasteiger partial charge is 0.423 e. The molecule has 1 aliphatic heterocycles. The fourth-order valence-electron chi connectivity index (χ4n) is 2.29. The third-order valence-electron chi connectivity index (χ3n) is 3.49. The van der Waals surface area contributed by atoms with Crippen LogP contribution in [0.4, 0.5) is 11.7 Å². The van der Waals surface area contributed by atoms with Crippen LogP contribution in [0.3, 0.4) is 0 Å². The Kier molecular flexibility index (Phi) is 2.42. The average molecular weight is 231 g/mol. The third-order valence-corrected chi connectivity index (χ3v) is 3.49. The first-order valence-corrected chi connectivity index (χ1v) is 6.14.